The molecule has 1 aromatic heterocycles. The summed E-state index contributed by atoms with van der Waals surface area (Å²) in [4.78, 5) is 0. The largest absolute Gasteiger partial charge is 0.389 e. The molecule has 0 aliphatic heterocycles. The number of aromatic nitrogens is 1. The van der Waals surface area contributed by atoms with E-state index in [0.29, 0.717) is 23.1 Å². The molecule has 27 heavy (non-hydrogen) atoms. The summed E-state index contributed by atoms with van der Waals surface area (Å²) in [5.41, 5.74) is 4.27. The summed E-state index contributed by atoms with van der Waals surface area (Å²) in [5.74, 6) is 0. The van der Waals surface area contributed by atoms with Crippen molar-refractivity contribution < 1.29 is 5.11 Å². The van der Waals surface area contributed by atoms with Gasteiger partial charge in [-0.2, -0.15) is 0 Å². The van der Waals surface area contributed by atoms with Gasteiger partial charge in [-0.1, -0.05) is 41.4 Å². The van der Waals surface area contributed by atoms with Crippen LogP contribution in [0.2, 0.25) is 10.0 Å². The highest BCUT2D eigenvalue weighted by Crippen LogP contribution is 2.33. The highest BCUT2D eigenvalue weighted by Gasteiger charge is 2.15. The zero-order chi connectivity index (χ0) is 19.0. The summed E-state index contributed by atoms with van der Waals surface area (Å²) in [5, 5.41) is 17.4. The van der Waals surface area contributed by atoms with E-state index in [9.17, 15) is 5.11 Å². The van der Waals surface area contributed by atoms with E-state index in [2.05, 4.69) is 22.9 Å². The molecule has 0 bridgehead atoms. The number of anilines is 1. The molecule has 0 amide bonds. The third-order valence-electron chi connectivity index (χ3n) is 4.86. The van der Waals surface area contributed by atoms with Crippen LogP contribution in [0.4, 0.5) is 5.69 Å². The van der Waals surface area contributed by atoms with Crippen molar-refractivity contribution >= 4 is 50.7 Å². The second-order valence-corrected chi connectivity index (χ2v) is 7.66. The van der Waals surface area contributed by atoms with Gasteiger partial charge >= 0.3 is 0 Å². The molecule has 1 atom stereocenters. The first-order chi connectivity index (χ1) is 13.0. The Hall–Kier alpha value is -2.20. The van der Waals surface area contributed by atoms with E-state index in [0.717, 1.165) is 33.1 Å². The second-order valence-electron chi connectivity index (χ2n) is 6.78. The van der Waals surface area contributed by atoms with Gasteiger partial charge in [0.15, 0.2) is 0 Å². The van der Waals surface area contributed by atoms with Gasteiger partial charge in [0.2, 0.25) is 0 Å². The Morgan fingerprint density at radius 1 is 0.926 bits per heavy atom. The average molecular weight is 399 g/mol. The Morgan fingerprint density at radius 2 is 1.52 bits per heavy atom. The Bertz CT molecular complexity index is 1060. The van der Waals surface area contributed by atoms with Crippen molar-refractivity contribution in [3.05, 3.63) is 76.3 Å². The fourth-order valence-corrected chi connectivity index (χ4v) is 3.86. The molecule has 0 aliphatic carbocycles. The number of aliphatic hydroxyl groups is 1. The van der Waals surface area contributed by atoms with Crippen LogP contribution >= 0.6 is 23.2 Å². The quantitative estimate of drug-likeness (QED) is 0.440. The number of para-hydroxylation sites is 1. The lowest BCUT2D eigenvalue weighted by Crippen LogP contribution is -2.25. The Balaban J connectivity index is 1.65. The van der Waals surface area contributed by atoms with Crippen molar-refractivity contribution in [3.8, 4) is 0 Å². The second kappa shape index (κ2) is 7.43. The topological polar surface area (TPSA) is 37.2 Å². The minimum Gasteiger partial charge on any atom is -0.389 e. The van der Waals surface area contributed by atoms with E-state index >= 15 is 0 Å². The minimum atomic E-state index is -0.547. The van der Waals surface area contributed by atoms with Crippen LogP contribution in [0.1, 0.15) is 5.56 Å². The van der Waals surface area contributed by atoms with E-state index in [-0.39, 0.29) is 0 Å². The lowest BCUT2D eigenvalue weighted by molar-refractivity contribution is 0.169. The molecular weight excluding hydrogens is 379 g/mol. The fourth-order valence-electron chi connectivity index (χ4n) is 3.52. The van der Waals surface area contributed by atoms with Crippen LogP contribution in [-0.4, -0.2) is 22.3 Å². The highest BCUT2D eigenvalue weighted by molar-refractivity contribution is 6.33. The van der Waals surface area contributed by atoms with Crippen LogP contribution in [0.3, 0.4) is 0 Å². The Labute approximate surface area is 168 Å². The molecule has 0 unspecified atom stereocenters. The first-order valence-corrected chi connectivity index (χ1v) is 9.63. The van der Waals surface area contributed by atoms with E-state index < -0.39 is 6.10 Å². The molecule has 3 nitrogen and oxygen atoms in total. The van der Waals surface area contributed by atoms with Crippen LogP contribution < -0.4 is 5.32 Å². The molecular formula is C22H20Cl2N2O. The summed E-state index contributed by atoms with van der Waals surface area (Å²) in [6.45, 7) is 2.99. The summed E-state index contributed by atoms with van der Waals surface area (Å²) >= 11 is 12.4. The predicted molar refractivity (Wildman–Crippen MR) is 115 cm³/mol. The predicted octanol–water partition coefficient (Wildman–Crippen LogP) is 5.88. The molecule has 1 heterocycles. The van der Waals surface area contributed by atoms with E-state index in [1.807, 2.05) is 54.6 Å². The number of aliphatic hydroxyl groups excluding tert-OH is 1. The van der Waals surface area contributed by atoms with Crippen molar-refractivity contribution in [1.82, 2.24) is 4.57 Å². The number of halogens is 2. The van der Waals surface area contributed by atoms with Gasteiger partial charge in [0.25, 0.3) is 0 Å². The Kier molecular flexibility index (Phi) is 5.00. The van der Waals surface area contributed by atoms with Crippen molar-refractivity contribution in [1.29, 1.82) is 0 Å². The van der Waals surface area contributed by atoms with Gasteiger partial charge in [-0.25, -0.2) is 0 Å². The maximum atomic E-state index is 10.7. The van der Waals surface area contributed by atoms with Gasteiger partial charge in [-0.3, -0.25) is 0 Å². The van der Waals surface area contributed by atoms with Gasteiger partial charge in [0.1, 0.15) is 0 Å². The van der Waals surface area contributed by atoms with Gasteiger partial charge in [-0.05, 0) is 55.0 Å². The van der Waals surface area contributed by atoms with E-state index in [1.165, 1.54) is 0 Å². The molecule has 0 fully saturated rings. The molecule has 0 spiro atoms. The fraction of sp³-hybridized carbons (Fsp3) is 0.182. The molecule has 138 valence electrons. The molecule has 0 saturated carbocycles. The number of hydrogen-bond donors (Lipinski definition) is 2. The van der Waals surface area contributed by atoms with E-state index in [4.69, 9.17) is 23.2 Å². The average Bonchev–Trinajstić information content (AvgIpc) is 2.93. The first kappa shape index (κ1) is 18.2. The molecule has 4 aromatic rings. The van der Waals surface area contributed by atoms with Crippen LogP contribution in [0.5, 0.6) is 0 Å². The molecule has 3 aromatic carbocycles. The number of nitrogens with one attached hydrogen (secondary N) is 1. The van der Waals surface area contributed by atoms with Crippen molar-refractivity contribution in [3.63, 3.8) is 0 Å². The number of hydrogen-bond acceptors (Lipinski definition) is 2. The summed E-state index contributed by atoms with van der Waals surface area (Å²) in [6.07, 6.45) is -0.547. The molecule has 0 radical (unpaired) electrons. The SMILES string of the molecule is Cc1ccccc1NC[C@H](O)Cn1c2ccc(Cl)cc2c2cc(Cl)ccc21. The molecule has 0 saturated heterocycles. The molecule has 0 aliphatic rings. The lowest BCUT2D eigenvalue weighted by atomic mass is 10.1. The van der Waals surface area contributed by atoms with Crippen molar-refractivity contribution in [2.45, 2.75) is 19.6 Å². The summed E-state index contributed by atoms with van der Waals surface area (Å²) in [6, 6.07) is 19.7. The lowest BCUT2D eigenvalue weighted by Gasteiger charge is -2.16. The first-order valence-electron chi connectivity index (χ1n) is 8.87. The van der Waals surface area contributed by atoms with Crippen LogP contribution in [-0.2, 0) is 6.54 Å². The van der Waals surface area contributed by atoms with Crippen LogP contribution in [0.25, 0.3) is 21.8 Å². The maximum Gasteiger partial charge on any atom is 0.0891 e. The molecule has 4 rings (SSSR count). The standard InChI is InChI=1S/C22H20Cl2N2O/c1-14-4-2-3-5-20(14)25-12-17(27)13-26-21-8-6-15(23)10-18(21)19-11-16(24)7-9-22(19)26/h2-11,17,25,27H,12-13H2,1H3/t17-/m0/s1. The number of benzene rings is 3. The van der Waals surface area contributed by atoms with Gasteiger partial charge in [0, 0.05) is 44.1 Å². The molecule has 2 N–H and O–H groups in total. The normalized spacial score (nSPS) is 12.6. The van der Waals surface area contributed by atoms with Crippen molar-refractivity contribution in [2.24, 2.45) is 0 Å². The molecule has 5 heteroatoms. The highest BCUT2D eigenvalue weighted by atomic mass is 35.5. The van der Waals surface area contributed by atoms with E-state index in [1.54, 1.807) is 0 Å². The summed E-state index contributed by atoms with van der Waals surface area (Å²) < 4.78 is 2.13. The van der Waals surface area contributed by atoms with Crippen molar-refractivity contribution in [2.75, 3.05) is 11.9 Å². The number of rotatable bonds is 5. The third-order valence-corrected chi connectivity index (χ3v) is 5.33. The number of fused-ring (bicyclic) bond motifs is 3. The third kappa shape index (κ3) is 3.63. The summed E-state index contributed by atoms with van der Waals surface area (Å²) in [7, 11) is 0. The van der Waals surface area contributed by atoms with Crippen LogP contribution in [0, 0.1) is 6.92 Å². The maximum absolute atomic E-state index is 10.7. The minimum absolute atomic E-state index is 0.465. The number of nitrogens with zero attached hydrogens (tertiary/aromatic N) is 1. The van der Waals surface area contributed by atoms with Gasteiger partial charge < -0.3 is 15.0 Å². The number of aryl methyl sites for hydroxylation is 1. The zero-order valence-electron chi connectivity index (χ0n) is 14.9. The monoisotopic (exact) mass is 398 g/mol. The van der Waals surface area contributed by atoms with Gasteiger partial charge in [-0.15, -0.1) is 0 Å². The zero-order valence-corrected chi connectivity index (χ0v) is 16.4. The van der Waals surface area contributed by atoms with Gasteiger partial charge in [0.05, 0.1) is 12.6 Å². The Morgan fingerprint density at radius 3 is 2.11 bits per heavy atom. The van der Waals surface area contributed by atoms with Crippen LogP contribution in [0.15, 0.2) is 60.7 Å². The smallest absolute Gasteiger partial charge is 0.0891 e.